The first kappa shape index (κ1) is 10.2. The maximum Gasteiger partial charge on any atom is 0.270 e. The van der Waals surface area contributed by atoms with Gasteiger partial charge in [-0.15, -0.1) is 0 Å². The number of rotatable bonds is 2. The van der Waals surface area contributed by atoms with Gasteiger partial charge < -0.3 is 0 Å². The van der Waals surface area contributed by atoms with Gasteiger partial charge in [0.2, 0.25) is 0 Å². The molecule has 0 aliphatic rings. The average Bonchev–Trinajstić information content (AvgIpc) is 2.03. The van der Waals surface area contributed by atoms with Gasteiger partial charge >= 0.3 is 0 Å². The van der Waals surface area contributed by atoms with E-state index in [-0.39, 0.29) is 11.5 Å². The quantitative estimate of drug-likeness (QED) is 0.653. The Balaban J connectivity index is 3.20. The molecule has 0 aliphatic heterocycles. The fourth-order valence-corrected chi connectivity index (χ4v) is 1.40. The van der Waals surface area contributed by atoms with Crippen LogP contribution in [0.1, 0.15) is 37.8 Å². The summed E-state index contributed by atoms with van der Waals surface area (Å²) < 4.78 is 26.2. The van der Waals surface area contributed by atoms with Crippen LogP contribution in [0.3, 0.4) is 0 Å². The Bertz CT molecular complexity index is 284. The van der Waals surface area contributed by atoms with Crippen molar-refractivity contribution in [3.05, 3.63) is 35.4 Å². The highest BCUT2D eigenvalue weighted by molar-refractivity contribution is 5.32. The van der Waals surface area contributed by atoms with Crippen LogP contribution in [0.5, 0.6) is 0 Å². The molecular weight excluding hydrogens is 170 g/mol. The first-order chi connectivity index (χ1) is 5.93. The van der Waals surface area contributed by atoms with Crippen LogP contribution in [0.2, 0.25) is 0 Å². The van der Waals surface area contributed by atoms with Gasteiger partial charge in [-0.1, -0.05) is 38.1 Å². The van der Waals surface area contributed by atoms with Gasteiger partial charge in [0.25, 0.3) is 5.92 Å². The van der Waals surface area contributed by atoms with Gasteiger partial charge in [-0.2, -0.15) is 0 Å². The fraction of sp³-hybridized carbons (Fsp3) is 0.455. The van der Waals surface area contributed by atoms with Crippen molar-refractivity contribution < 1.29 is 8.78 Å². The first-order valence-corrected chi connectivity index (χ1v) is 4.40. The van der Waals surface area contributed by atoms with Gasteiger partial charge in [-0.3, -0.25) is 0 Å². The molecular formula is C11H14F2. The number of halogens is 2. The van der Waals surface area contributed by atoms with E-state index in [1.54, 1.807) is 18.2 Å². The van der Waals surface area contributed by atoms with Gasteiger partial charge in [-0.05, 0) is 11.5 Å². The molecule has 0 nitrogen and oxygen atoms in total. The van der Waals surface area contributed by atoms with Crippen molar-refractivity contribution >= 4 is 0 Å². The second kappa shape index (κ2) is 3.44. The summed E-state index contributed by atoms with van der Waals surface area (Å²) in [6.07, 6.45) is 0. The molecule has 0 radical (unpaired) electrons. The molecule has 0 saturated carbocycles. The van der Waals surface area contributed by atoms with E-state index in [1.165, 1.54) is 6.07 Å². The van der Waals surface area contributed by atoms with Crippen LogP contribution < -0.4 is 0 Å². The maximum atomic E-state index is 13.1. The highest BCUT2D eigenvalue weighted by Crippen LogP contribution is 2.32. The second-order valence-electron chi connectivity index (χ2n) is 3.63. The van der Waals surface area contributed by atoms with Crippen LogP contribution in [0, 0.1) is 0 Å². The molecule has 13 heavy (non-hydrogen) atoms. The molecule has 72 valence electrons. The van der Waals surface area contributed by atoms with E-state index in [2.05, 4.69) is 0 Å². The maximum absolute atomic E-state index is 13.1. The minimum Gasteiger partial charge on any atom is -0.202 e. The summed E-state index contributed by atoms with van der Waals surface area (Å²) >= 11 is 0. The molecule has 0 unspecified atom stereocenters. The van der Waals surface area contributed by atoms with Gasteiger partial charge in [0, 0.05) is 12.5 Å². The lowest BCUT2D eigenvalue weighted by molar-refractivity contribution is 0.0163. The van der Waals surface area contributed by atoms with Crippen molar-refractivity contribution in [3.8, 4) is 0 Å². The van der Waals surface area contributed by atoms with Gasteiger partial charge in [0.05, 0.1) is 0 Å². The monoisotopic (exact) mass is 184 g/mol. The summed E-state index contributed by atoms with van der Waals surface area (Å²) in [7, 11) is 0. The third kappa shape index (κ3) is 2.27. The van der Waals surface area contributed by atoms with Gasteiger partial charge in [-0.25, -0.2) is 8.78 Å². The molecule has 0 aliphatic carbocycles. The van der Waals surface area contributed by atoms with E-state index in [4.69, 9.17) is 0 Å². The third-order valence-electron chi connectivity index (χ3n) is 2.06. The second-order valence-corrected chi connectivity index (χ2v) is 3.63. The highest BCUT2D eigenvalue weighted by Gasteiger charge is 2.27. The lowest BCUT2D eigenvalue weighted by Gasteiger charge is -2.17. The zero-order valence-corrected chi connectivity index (χ0v) is 8.14. The lowest BCUT2D eigenvalue weighted by atomic mass is 9.94. The molecule has 0 fully saturated rings. The Morgan fingerprint density at radius 3 is 2.08 bits per heavy atom. The molecule has 0 saturated heterocycles. The predicted octanol–water partition coefficient (Wildman–Crippen LogP) is 3.92. The summed E-state index contributed by atoms with van der Waals surface area (Å²) in [5.74, 6) is -2.59. The van der Waals surface area contributed by atoms with Gasteiger partial charge in [0.1, 0.15) is 0 Å². The average molecular weight is 184 g/mol. The van der Waals surface area contributed by atoms with Crippen molar-refractivity contribution in [1.82, 2.24) is 0 Å². The smallest absolute Gasteiger partial charge is 0.202 e. The number of alkyl halides is 2. The molecule has 0 bridgehead atoms. The Hall–Kier alpha value is -0.920. The molecule has 0 atom stereocenters. The molecule has 1 rings (SSSR count). The van der Waals surface area contributed by atoms with E-state index in [1.807, 2.05) is 13.8 Å². The summed E-state index contributed by atoms with van der Waals surface area (Å²) in [6, 6.07) is 6.70. The summed E-state index contributed by atoms with van der Waals surface area (Å²) in [6.45, 7) is 4.78. The summed E-state index contributed by atoms with van der Waals surface area (Å²) in [5.41, 5.74) is 0.875. The van der Waals surface area contributed by atoms with E-state index in [0.717, 1.165) is 12.5 Å². The Kier molecular flexibility index (Phi) is 2.69. The molecule has 0 aromatic heterocycles. The first-order valence-electron chi connectivity index (χ1n) is 4.40. The zero-order chi connectivity index (χ0) is 10.1. The van der Waals surface area contributed by atoms with Crippen molar-refractivity contribution in [2.75, 3.05) is 0 Å². The molecule has 0 heterocycles. The fourth-order valence-electron chi connectivity index (χ4n) is 1.40. The number of benzene rings is 1. The SMILES string of the molecule is CC(C)c1ccccc1C(C)(F)F. The van der Waals surface area contributed by atoms with Crippen LogP contribution in [-0.2, 0) is 5.92 Å². The van der Waals surface area contributed by atoms with Crippen LogP contribution in [0.15, 0.2) is 24.3 Å². The van der Waals surface area contributed by atoms with Crippen molar-refractivity contribution in [2.45, 2.75) is 32.6 Å². The standard InChI is InChI=1S/C11H14F2/c1-8(2)9-6-4-5-7-10(9)11(3,12)13/h4-8H,1-3H3. The Morgan fingerprint density at radius 1 is 1.15 bits per heavy atom. The van der Waals surface area contributed by atoms with E-state index >= 15 is 0 Å². The zero-order valence-electron chi connectivity index (χ0n) is 8.14. The number of hydrogen-bond acceptors (Lipinski definition) is 0. The molecule has 0 N–H and O–H groups in total. The van der Waals surface area contributed by atoms with Crippen molar-refractivity contribution in [2.24, 2.45) is 0 Å². The third-order valence-corrected chi connectivity index (χ3v) is 2.06. The largest absolute Gasteiger partial charge is 0.270 e. The normalized spacial score (nSPS) is 12.2. The van der Waals surface area contributed by atoms with E-state index in [0.29, 0.717) is 0 Å². The topological polar surface area (TPSA) is 0 Å². The highest BCUT2D eigenvalue weighted by atomic mass is 19.3. The summed E-state index contributed by atoms with van der Waals surface area (Å²) in [5, 5.41) is 0. The Labute approximate surface area is 77.6 Å². The lowest BCUT2D eigenvalue weighted by Crippen LogP contribution is -2.11. The van der Waals surface area contributed by atoms with Gasteiger partial charge in [0.15, 0.2) is 0 Å². The number of hydrogen-bond donors (Lipinski definition) is 0. The minimum atomic E-state index is -2.74. The Morgan fingerprint density at radius 2 is 1.69 bits per heavy atom. The van der Waals surface area contributed by atoms with Crippen molar-refractivity contribution in [3.63, 3.8) is 0 Å². The molecule has 1 aromatic rings. The molecule has 2 heteroatoms. The minimum absolute atomic E-state index is 0.141. The van der Waals surface area contributed by atoms with E-state index < -0.39 is 5.92 Å². The van der Waals surface area contributed by atoms with Crippen LogP contribution >= 0.6 is 0 Å². The van der Waals surface area contributed by atoms with Crippen LogP contribution in [-0.4, -0.2) is 0 Å². The molecule has 1 aromatic carbocycles. The predicted molar refractivity (Wildman–Crippen MR) is 50.1 cm³/mol. The summed E-state index contributed by atoms with van der Waals surface area (Å²) in [4.78, 5) is 0. The van der Waals surface area contributed by atoms with Crippen LogP contribution in [0.25, 0.3) is 0 Å². The molecule has 0 spiro atoms. The van der Waals surface area contributed by atoms with E-state index in [9.17, 15) is 8.78 Å². The van der Waals surface area contributed by atoms with Crippen LogP contribution in [0.4, 0.5) is 8.78 Å². The van der Waals surface area contributed by atoms with Crippen molar-refractivity contribution in [1.29, 1.82) is 0 Å². The molecule has 0 amide bonds.